The van der Waals surface area contributed by atoms with Gasteiger partial charge in [-0.3, -0.25) is 4.79 Å². The Morgan fingerprint density at radius 1 is 1.33 bits per heavy atom. The minimum absolute atomic E-state index is 0.0480. The minimum Gasteiger partial charge on any atom is -0.433 e. The molecule has 0 aliphatic rings. The zero-order chi connectivity index (χ0) is 13.7. The van der Waals surface area contributed by atoms with Crippen LogP contribution < -0.4 is 15.8 Å². The Balaban J connectivity index is 2.81. The van der Waals surface area contributed by atoms with E-state index in [0.29, 0.717) is 0 Å². The first-order valence-corrected chi connectivity index (χ1v) is 5.52. The molecule has 1 aromatic carbocycles. The summed E-state index contributed by atoms with van der Waals surface area (Å²) in [5.74, 6) is -0.569. The lowest BCUT2D eigenvalue weighted by Crippen LogP contribution is -2.39. The summed E-state index contributed by atoms with van der Waals surface area (Å²) in [7, 11) is 0. The van der Waals surface area contributed by atoms with Gasteiger partial charge in [0, 0.05) is 0 Å². The highest BCUT2D eigenvalue weighted by Gasteiger charge is 2.19. The van der Waals surface area contributed by atoms with Gasteiger partial charge < -0.3 is 15.8 Å². The molecule has 1 aromatic rings. The van der Waals surface area contributed by atoms with Gasteiger partial charge in [0.1, 0.15) is 5.75 Å². The number of halogens is 2. The second kappa shape index (κ2) is 6.30. The molecule has 0 fully saturated rings. The second-order valence-corrected chi connectivity index (χ2v) is 4.13. The van der Waals surface area contributed by atoms with Gasteiger partial charge in [-0.05, 0) is 18.1 Å². The molecule has 18 heavy (non-hydrogen) atoms. The van der Waals surface area contributed by atoms with Crippen LogP contribution in [0.4, 0.5) is 14.5 Å². The van der Waals surface area contributed by atoms with E-state index in [9.17, 15) is 13.6 Å². The normalized spacial score (nSPS) is 12.6. The maximum atomic E-state index is 12.2. The fourth-order valence-corrected chi connectivity index (χ4v) is 1.29. The van der Waals surface area contributed by atoms with Crippen molar-refractivity contribution in [1.82, 2.24) is 0 Å². The van der Waals surface area contributed by atoms with Gasteiger partial charge in [0.25, 0.3) is 0 Å². The molecule has 0 aliphatic carbocycles. The zero-order valence-corrected chi connectivity index (χ0v) is 10.2. The SMILES string of the molecule is CC(C)[C@@H](N)C(=O)Nc1ccccc1OC(F)F. The number of carbonyl (C=O) groups is 1. The third-order valence-corrected chi connectivity index (χ3v) is 2.38. The van der Waals surface area contributed by atoms with Crippen molar-refractivity contribution in [1.29, 1.82) is 0 Å². The highest BCUT2D eigenvalue weighted by Crippen LogP contribution is 2.25. The average molecular weight is 258 g/mol. The molecule has 1 amide bonds. The van der Waals surface area contributed by atoms with E-state index in [2.05, 4.69) is 10.1 Å². The van der Waals surface area contributed by atoms with Gasteiger partial charge in [-0.15, -0.1) is 0 Å². The van der Waals surface area contributed by atoms with Gasteiger partial charge in [0.15, 0.2) is 0 Å². The van der Waals surface area contributed by atoms with Crippen LogP contribution in [-0.2, 0) is 4.79 Å². The van der Waals surface area contributed by atoms with Crippen LogP contribution in [0.3, 0.4) is 0 Å². The predicted octanol–water partition coefficient (Wildman–Crippen LogP) is 2.21. The molecule has 100 valence electrons. The molecule has 0 aromatic heterocycles. The van der Waals surface area contributed by atoms with Crippen LogP contribution in [0.15, 0.2) is 24.3 Å². The minimum atomic E-state index is -2.94. The Bertz CT molecular complexity index is 411. The monoisotopic (exact) mass is 258 g/mol. The Hall–Kier alpha value is -1.69. The number of para-hydroxylation sites is 2. The van der Waals surface area contributed by atoms with E-state index in [0.717, 1.165) is 0 Å². The Morgan fingerprint density at radius 2 is 1.94 bits per heavy atom. The molecule has 0 aliphatic heterocycles. The topological polar surface area (TPSA) is 64.4 Å². The Kier molecular flexibility index (Phi) is 5.03. The van der Waals surface area contributed by atoms with Crippen molar-refractivity contribution in [2.75, 3.05) is 5.32 Å². The smallest absolute Gasteiger partial charge is 0.387 e. The first-order valence-electron chi connectivity index (χ1n) is 5.52. The first-order chi connectivity index (χ1) is 8.41. The number of ether oxygens (including phenoxy) is 1. The number of alkyl halides is 2. The molecule has 0 bridgehead atoms. The molecule has 0 heterocycles. The van der Waals surface area contributed by atoms with Crippen LogP contribution in [-0.4, -0.2) is 18.6 Å². The summed E-state index contributed by atoms with van der Waals surface area (Å²) in [6.45, 7) is 0.652. The quantitative estimate of drug-likeness (QED) is 0.851. The van der Waals surface area contributed by atoms with Crippen LogP contribution in [0.25, 0.3) is 0 Å². The van der Waals surface area contributed by atoms with Gasteiger partial charge in [-0.1, -0.05) is 26.0 Å². The fraction of sp³-hybridized carbons (Fsp3) is 0.417. The highest BCUT2D eigenvalue weighted by atomic mass is 19.3. The molecule has 3 N–H and O–H groups in total. The molecule has 0 unspecified atom stereocenters. The molecule has 0 radical (unpaired) electrons. The lowest BCUT2D eigenvalue weighted by molar-refractivity contribution is -0.118. The van der Waals surface area contributed by atoms with Gasteiger partial charge in [-0.2, -0.15) is 8.78 Å². The van der Waals surface area contributed by atoms with Gasteiger partial charge >= 0.3 is 6.61 Å². The summed E-state index contributed by atoms with van der Waals surface area (Å²) in [5.41, 5.74) is 5.84. The van der Waals surface area contributed by atoms with E-state index in [4.69, 9.17) is 5.73 Å². The maximum Gasteiger partial charge on any atom is 0.387 e. The van der Waals surface area contributed by atoms with Crippen LogP contribution in [0.2, 0.25) is 0 Å². The number of anilines is 1. The summed E-state index contributed by atoms with van der Waals surface area (Å²) >= 11 is 0. The van der Waals surface area contributed by atoms with Crippen molar-refractivity contribution >= 4 is 11.6 Å². The first kappa shape index (κ1) is 14.4. The average Bonchev–Trinajstić information content (AvgIpc) is 2.29. The molecule has 1 atom stereocenters. The predicted molar refractivity (Wildman–Crippen MR) is 64.5 cm³/mol. The number of carbonyl (C=O) groups excluding carboxylic acids is 1. The molecular formula is C12H16F2N2O2. The summed E-state index contributed by atoms with van der Waals surface area (Å²) < 4.78 is 28.6. The molecule has 6 heteroatoms. The Morgan fingerprint density at radius 3 is 2.50 bits per heavy atom. The zero-order valence-electron chi connectivity index (χ0n) is 10.2. The Labute approximate surface area is 104 Å². The lowest BCUT2D eigenvalue weighted by atomic mass is 10.0. The number of rotatable bonds is 5. The molecule has 4 nitrogen and oxygen atoms in total. The molecule has 0 saturated carbocycles. The van der Waals surface area contributed by atoms with Crippen LogP contribution >= 0.6 is 0 Å². The largest absolute Gasteiger partial charge is 0.433 e. The van der Waals surface area contributed by atoms with E-state index in [-0.39, 0.29) is 17.4 Å². The van der Waals surface area contributed by atoms with Crippen molar-refractivity contribution in [2.24, 2.45) is 11.7 Å². The summed E-state index contributed by atoms with van der Waals surface area (Å²) in [4.78, 5) is 11.7. The van der Waals surface area contributed by atoms with Crippen LogP contribution in [0, 0.1) is 5.92 Å². The van der Waals surface area contributed by atoms with Crippen molar-refractivity contribution in [2.45, 2.75) is 26.5 Å². The third-order valence-electron chi connectivity index (χ3n) is 2.38. The number of nitrogens with one attached hydrogen (secondary N) is 1. The van der Waals surface area contributed by atoms with Gasteiger partial charge in [-0.25, -0.2) is 0 Å². The van der Waals surface area contributed by atoms with Crippen LogP contribution in [0.1, 0.15) is 13.8 Å². The molecule has 0 spiro atoms. The second-order valence-electron chi connectivity index (χ2n) is 4.13. The van der Waals surface area contributed by atoms with Crippen molar-refractivity contribution in [3.8, 4) is 5.75 Å². The van der Waals surface area contributed by atoms with E-state index >= 15 is 0 Å². The van der Waals surface area contributed by atoms with E-state index in [1.54, 1.807) is 19.9 Å². The van der Waals surface area contributed by atoms with Gasteiger partial charge in [0.2, 0.25) is 5.91 Å². The van der Waals surface area contributed by atoms with E-state index in [1.807, 2.05) is 0 Å². The maximum absolute atomic E-state index is 12.2. The fourth-order valence-electron chi connectivity index (χ4n) is 1.29. The number of nitrogens with two attached hydrogens (primary N) is 1. The lowest BCUT2D eigenvalue weighted by Gasteiger charge is -2.17. The number of hydrogen-bond acceptors (Lipinski definition) is 3. The van der Waals surface area contributed by atoms with Crippen molar-refractivity contribution in [3.63, 3.8) is 0 Å². The van der Waals surface area contributed by atoms with E-state index in [1.165, 1.54) is 18.2 Å². The van der Waals surface area contributed by atoms with Crippen LogP contribution in [0.5, 0.6) is 5.75 Å². The standard InChI is InChI=1S/C12H16F2N2O2/c1-7(2)10(15)11(17)16-8-5-3-4-6-9(8)18-12(13)14/h3-7,10,12H,15H2,1-2H3,(H,16,17)/t10-/m1/s1. The number of benzene rings is 1. The van der Waals surface area contributed by atoms with Crippen molar-refractivity contribution in [3.05, 3.63) is 24.3 Å². The molecular weight excluding hydrogens is 242 g/mol. The summed E-state index contributed by atoms with van der Waals surface area (Å²) in [6.07, 6.45) is 0. The third kappa shape index (κ3) is 3.96. The summed E-state index contributed by atoms with van der Waals surface area (Å²) in [5, 5.41) is 2.47. The number of amides is 1. The van der Waals surface area contributed by atoms with Gasteiger partial charge in [0.05, 0.1) is 11.7 Å². The van der Waals surface area contributed by atoms with E-state index < -0.39 is 18.6 Å². The molecule has 0 saturated heterocycles. The molecule has 1 rings (SSSR count). The highest BCUT2D eigenvalue weighted by molar-refractivity contribution is 5.96. The van der Waals surface area contributed by atoms with Crippen molar-refractivity contribution < 1.29 is 18.3 Å². The summed E-state index contributed by atoms with van der Waals surface area (Å²) in [6, 6.07) is 5.26. The number of hydrogen-bond donors (Lipinski definition) is 2.